The van der Waals surface area contributed by atoms with Crippen LogP contribution in [0, 0.1) is 12.7 Å². The van der Waals surface area contributed by atoms with Crippen molar-refractivity contribution in [2.45, 2.75) is 19.6 Å². The van der Waals surface area contributed by atoms with E-state index in [1.54, 1.807) is 12.3 Å². The van der Waals surface area contributed by atoms with Gasteiger partial charge in [0.15, 0.2) is 6.10 Å². The quantitative estimate of drug-likeness (QED) is 0.415. The second-order valence-corrected chi connectivity index (χ2v) is 8.18. The lowest BCUT2D eigenvalue weighted by molar-refractivity contribution is -0.151. The van der Waals surface area contributed by atoms with Crippen LogP contribution < -0.4 is 10.9 Å². The van der Waals surface area contributed by atoms with Gasteiger partial charge in [-0.2, -0.15) is 0 Å². The molecular weight excluding hydrogens is 453 g/mol. The number of benzene rings is 2. The third-order valence-electron chi connectivity index (χ3n) is 5.82. The van der Waals surface area contributed by atoms with Gasteiger partial charge < -0.3 is 24.3 Å². The molecule has 0 aliphatic heterocycles. The minimum absolute atomic E-state index is 0.0896. The van der Waals surface area contributed by atoms with E-state index in [0.29, 0.717) is 22.2 Å². The summed E-state index contributed by atoms with van der Waals surface area (Å²) in [6.45, 7) is 1.75. The number of pyridine rings is 1. The van der Waals surface area contributed by atoms with Crippen LogP contribution in [-0.2, 0) is 27.9 Å². The standard InChI is InChI=1S/C26H24FN3O5/c1-15-4-6-16(7-5-15)21-19-12-13-30(14-20(31)28-18-10-8-17(27)9-11-18)22(19)25(33)29(2)23(21)24(32)26(34)35-3/h4-13,24,32H,14H2,1-3H3,(H,28,31). The predicted molar refractivity (Wildman–Crippen MR) is 129 cm³/mol. The minimum atomic E-state index is -1.69. The first-order chi connectivity index (χ1) is 16.7. The molecule has 35 heavy (non-hydrogen) atoms. The monoisotopic (exact) mass is 477 g/mol. The number of aliphatic hydroxyl groups is 1. The average molecular weight is 477 g/mol. The summed E-state index contributed by atoms with van der Waals surface area (Å²) >= 11 is 0. The van der Waals surface area contributed by atoms with Gasteiger partial charge in [-0.25, -0.2) is 9.18 Å². The third-order valence-corrected chi connectivity index (χ3v) is 5.82. The second kappa shape index (κ2) is 9.55. The maximum atomic E-state index is 13.4. The zero-order chi connectivity index (χ0) is 25.3. The zero-order valence-corrected chi connectivity index (χ0v) is 19.4. The number of carbonyl (C=O) groups is 2. The summed E-state index contributed by atoms with van der Waals surface area (Å²) in [5.41, 5.74) is 2.43. The molecule has 4 aromatic rings. The molecule has 0 fully saturated rings. The fraction of sp³-hybridized carbons (Fsp3) is 0.192. The van der Waals surface area contributed by atoms with Crippen LogP contribution in [0.2, 0.25) is 0 Å². The average Bonchev–Trinajstić information content (AvgIpc) is 3.25. The number of nitrogens with one attached hydrogen (secondary N) is 1. The summed E-state index contributed by atoms with van der Waals surface area (Å²) in [5.74, 6) is -1.73. The van der Waals surface area contributed by atoms with Crippen molar-refractivity contribution < 1.29 is 23.8 Å². The van der Waals surface area contributed by atoms with Gasteiger partial charge in [-0.15, -0.1) is 0 Å². The third kappa shape index (κ3) is 4.58. The molecule has 0 aliphatic rings. The van der Waals surface area contributed by atoms with Crippen LogP contribution in [0.5, 0.6) is 0 Å². The first kappa shape index (κ1) is 23.9. The Morgan fingerprint density at radius 2 is 1.74 bits per heavy atom. The number of ether oxygens (including phenoxy) is 1. The van der Waals surface area contributed by atoms with Gasteiger partial charge in [-0.3, -0.25) is 9.59 Å². The molecule has 0 saturated carbocycles. The maximum Gasteiger partial charge on any atom is 0.340 e. The highest BCUT2D eigenvalue weighted by molar-refractivity contribution is 5.99. The van der Waals surface area contributed by atoms with E-state index in [9.17, 15) is 23.9 Å². The van der Waals surface area contributed by atoms with Crippen LogP contribution >= 0.6 is 0 Å². The van der Waals surface area contributed by atoms with Crippen molar-refractivity contribution in [3.63, 3.8) is 0 Å². The van der Waals surface area contributed by atoms with Crippen molar-refractivity contribution in [2.75, 3.05) is 12.4 Å². The largest absolute Gasteiger partial charge is 0.467 e. The number of aryl methyl sites for hydroxylation is 1. The fourth-order valence-corrected chi connectivity index (χ4v) is 4.07. The van der Waals surface area contributed by atoms with Crippen LogP contribution in [0.3, 0.4) is 0 Å². The number of esters is 1. The smallest absolute Gasteiger partial charge is 0.340 e. The molecule has 180 valence electrons. The van der Waals surface area contributed by atoms with E-state index in [1.807, 2.05) is 31.2 Å². The van der Waals surface area contributed by atoms with Gasteiger partial charge in [0.25, 0.3) is 5.56 Å². The van der Waals surface area contributed by atoms with Gasteiger partial charge in [-0.05, 0) is 42.8 Å². The Labute approximate surface area is 200 Å². The van der Waals surface area contributed by atoms with E-state index in [-0.39, 0.29) is 17.8 Å². The molecule has 0 aliphatic carbocycles. The number of hydrogen-bond donors (Lipinski definition) is 2. The first-order valence-corrected chi connectivity index (χ1v) is 10.8. The number of nitrogens with zero attached hydrogens (tertiary/aromatic N) is 2. The van der Waals surface area contributed by atoms with Gasteiger partial charge >= 0.3 is 5.97 Å². The predicted octanol–water partition coefficient (Wildman–Crippen LogP) is 3.30. The molecule has 8 nitrogen and oxygen atoms in total. The molecule has 0 radical (unpaired) electrons. The maximum absolute atomic E-state index is 13.4. The number of carbonyl (C=O) groups excluding carboxylic acids is 2. The highest BCUT2D eigenvalue weighted by Gasteiger charge is 2.29. The van der Waals surface area contributed by atoms with E-state index in [2.05, 4.69) is 5.32 Å². The van der Waals surface area contributed by atoms with Crippen molar-refractivity contribution in [3.8, 4) is 11.1 Å². The van der Waals surface area contributed by atoms with E-state index in [1.165, 1.54) is 40.4 Å². The molecule has 0 spiro atoms. The Kier molecular flexibility index (Phi) is 6.52. The van der Waals surface area contributed by atoms with E-state index >= 15 is 0 Å². The van der Waals surface area contributed by atoms with Crippen molar-refractivity contribution in [2.24, 2.45) is 7.05 Å². The number of methoxy groups -OCH3 is 1. The molecule has 2 aromatic heterocycles. The van der Waals surface area contributed by atoms with Crippen LogP contribution in [0.15, 0.2) is 65.6 Å². The van der Waals surface area contributed by atoms with Crippen molar-refractivity contribution in [3.05, 3.63) is 88.2 Å². The number of aliphatic hydroxyl groups excluding tert-OH is 1. The fourth-order valence-electron chi connectivity index (χ4n) is 4.07. The normalized spacial score (nSPS) is 11.9. The van der Waals surface area contributed by atoms with Crippen LogP contribution in [0.25, 0.3) is 22.0 Å². The van der Waals surface area contributed by atoms with Crippen molar-refractivity contribution >= 4 is 28.5 Å². The summed E-state index contributed by atoms with van der Waals surface area (Å²) in [6.07, 6.45) is -0.0917. The van der Waals surface area contributed by atoms with E-state index < -0.39 is 29.4 Å². The Balaban J connectivity index is 1.85. The molecule has 1 atom stereocenters. The van der Waals surface area contributed by atoms with E-state index in [4.69, 9.17) is 4.74 Å². The number of rotatable bonds is 6. The van der Waals surface area contributed by atoms with Crippen LogP contribution in [0.4, 0.5) is 10.1 Å². The first-order valence-electron chi connectivity index (χ1n) is 10.8. The lowest BCUT2D eigenvalue weighted by Gasteiger charge is -2.20. The molecule has 2 aromatic carbocycles. The zero-order valence-electron chi connectivity index (χ0n) is 19.4. The van der Waals surface area contributed by atoms with Gasteiger partial charge in [0.2, 0.25) is 5.91 Å². The van der Waals surface area contributed by atoms with Crippen LogP contribution in [-0.4, -0.2) is 33.2 Å². The number of fused-ring (bicyclic) bond motifs is 1. The SMILES string of the molecule is COC(=O)C(O)c1c(-c2ccc(C)cc2)c2ccn(CC(=O)Nc3ccc(F)cc3)c2c(=O)n1C. The summed E-state index contributed by atoms with van der Waals surface area (Å²) in [4.78, 5) is 38.3. The Bertz CT molecular complexity index is 1470. The number of anilines is 1. The molecule has 0 bridgehead atoms. The lowest BCUT2D eigenvalue weighted by atomic mass is 9.96. The van der Waals surface area contributed by atoms with E-state index in [0.717, 1.165) is 12.7 Å². The molecule has 4 rings (SSSR count). The summed E-state index contributed by atoms with van der Waals surface area (Å²) < 4.78 is 20.6. The Morgan fingerprint density at radius 3 is 2.37 bits per heavy atom. The second-order valence-electron chi connectivity index (χ2n) is 8.18. The van der Waals surface area contributed by atoms with Gasteiger partial charge in [-0.1, -0.05) is 29.8 Å². The number of amides is 1. The highest BCUT2D eigenvalue weighted by atomic mass is 19.1. The molecular formula is C26H24FN3O5. The molecule has 0 saturated heterocycles. The lowest BCUT2D eigenvalue weighted by Crippen LogP contribution is -2.29. The van der Waals surface area contributed by atoms with Crippen molar-refractivity contribution in [1.82, 2.24) is 9.13 Å². The Morgan fingerprint density at radius 1 is 1.09 bits per heavy atom. The van der Waals surface area contributed by atoms with Gasteiger partial charge in [0, 0.05) is 29.9 Å². The van der Waals surface area contributed by atoms with Crippen molar-refractivity contribution in [1.29, 1.82) is 0 Å². The van der Waals surface area contributed by atoms with Gasteiger partial charge in [0.1, 0.15) is 17.9 Å². The van der Waals surface area contributed by atoms with Crippen LogP contribution in [0.1, 0.15) is 17.4 Å². The van der Waals surface area contributed by atoms with Gasteiger partial charge in [0.05, 0.1) is 12.8 Å². The summed E-state index contributed by atoms with van der Waals surface area (Å²) in [6, 6.07) is 14.5. The Hall–Kier alpha value is -4.24. The minimum Gasteiger partial charge on any atom is -0.467 e. The molecule has 1 amide bonds. The molecule has 1 unspecified atom stereocenters. The summed E-state index contributed by atoms with van der Waals surface area (Å²) in [7, 11) is 2.61. The summed E-state index contributed by atoms with van der Waals surface area (Å²) in [5, 5.41) is 13.9. The molecule has 2 N–H and O–H groups in total. The number of hydrogen-bond acceptors (Lipinski definition) is 5. The molecule has 2 heterocycles. The number of aromatic nitrogens is 2. The topological polar surface area (TPSA) is 103 Å². The number of halogens is 1. The molecule has 9 heteroatoms. The highest BCUT2D eigenvalue weighted by Crippen LogP contribution is 2.35.